The summed E-state index contributed by atoms with van der Waals surface area (Å²) >= 11 is 0. The van der Waals surface area contributed by atoms with Crippen molar-refractivity contribution in [1.29, 1.82) is 0 Å². The highest BCUT2D eigenvalue weighted by Crippen LogP contribution is 2.32. The molecule has 7 nitrogen and oxygen atoms in total. The van der Waals surface area contributed by atoms with Crippen LogP contribution in [0.5, 0.6) is 11.5 Å². The van der Waals surface area contributed by atoms with Gasteiger partial charge in [-0.05, 0) is 60.5 Å². The zero-order chi connectivity index (χ0) is 21.8. The molecular formula is C23H22N2O5S. The highest BCUT2D eigenvalue weighted by Gasteiger charge is 2.19. The van der Waals surface area contributed by atoms with Crippen molar-refractivity contribution in [2.75, 3.05) is 23.3 Å². The van der Waals surface area contributed by atoms with E-state index in [1.165, 1.54) is 12.1 Å². The third kappa shape index (κ3) is 4.80. The summed E-state index contributed by atoms with van der Waals surface area (Å²) in [5, 5.41) is 2.85. The Morgan fingerprint density at radius 1 is 0.903 bits per heavy atom. The van der Waals surface area contributed by atoms with E-state index in [1.807, 2.05) is 31.2 Å². The zero-order valence-electron chi connectivity index (χ0n) is 16.9. The standard InChI is InChI=1S/C23H22N2O5S/c1-2-16-4-3-5-19(14-16)24-23(26)17-6-8-18(9-7-17)25-31(27,28)20-10-11-21-22(15-20)30-13-12-29-21/h3-11,14-15,25H,2,12-13H2,1H3,(H,24,26). The van der Waals surface area contributed by atoms with Crippen molar-refractivity contribution in [2.45, 2.75) is 18.2 Å². The molecule has 0 bridgehead atoms. The maximum Gasteiger partial charge on any atom is 0.262 e. The first-order chi connectivity index (χ1) is 14.9. The number of ether oxygens (including phenoxy) is 2. The average molecular weight is 439 g/mol. The minimum atomic E-state index is -3.82. The number of amides is 1. The lowest BCUT2D eigenvalue weighted by atomic mass is 10.1. The van der Waals surface area contributed by atoms with E-state index in [4.69, 9.17) is 9.47 Å². The predicted molar refractivity (Wildman–Crippen MR) is 118 cm³/mol. The monoisotopic (exact) mass is 438 g/mol. The van der Waals surface area contributed by atoms with Crippen molar-refractivity contribution in [2.24, 2.45) is 0 Å². The van der Waals surface area contributed by atoms with Crippen molar-refractivity contribution < 1.29 is 22.7 Å². The summed E-state index contributed by atoms with van der Waals surface area (Å²) in [4.78, 5) is 12.6. The first-order valence-corrected chi connectivity index (χ1v) is 11.4. The van der Waals surface area contributed by atoms with Gasteiger partial charge in [-0.1, -0.05) is 19.1 Å². The normalized spacial score (nSPS) is 12.8. The van der Waals surface area contributed by atoms with Crippen LogP contribution in [0.2, 0.25) is 0 Å². The van der Waals surface area contributed by atoms with Gasteiger partial charge in [-0.15, -0.1) is 0 Å². The van der Waals surface area contributed by atoms with E-state index >= 15 is 0 Å². The molecule has 160 valence electrons. The van der Waals surface area contributed by atoms with Gasteiger partial charge in [0.15, 0.2) is 11.5 Å². The van der Waals surface area contributed by atoms with Crippen molar-refractivity contribution in [3.8, 4) is 11.5 Å². The third-order valence-corrected chi connectivity index (χ3v) is 6.20. The summed E-state index contributed by atoms with van der Waals surface area (Å²) in [5.74, 6) is 0.646. The minimum absolute atomic E-state index is 0.0642. The summed E-state index contributed by atoms with van der Waals surface area (Å²) in [5.41, 5.74) is 2.61. The fourth-order valence-electron chi connectivity index (χ4n) is 3.17. The molecule has 3 aromatic rings. The van der Waals surface area contributed by atoms with Crippen LogP contribution in [0.15, 0.2) is 71.6 Å². The summed E-state index contributed by atoms with van der Waals surface area (Å²) < 4.78 is 38.8. The summed E-state index contributed by atoms with van der Waals surface area (Å²) in [6.45, 7) is 2.85. The van der Waals surface area contributed by atoms with Crippen LogP contribution in [0.4, 0.5) is 11.4 Å². The van der Waals surface area contributed by atoms with E-state index in [9.17, 15) is 13.2 Å². The molecule has 0 spiro atoms. The topological polar surface area (TPSA) is 93.7 Å². The Morgan fingerprint density at radius 3 is 2.39 bits per heavy atom. The van der Waals surface area contributed by atoms with Crippen LogP contribution in [0, 0.1) is 0 Å². The molecule has 0 unspecified atom stereocenters. The number of anilines is 2. The second-order valence-electron chi connectivity index (χ2n) is 7.00. The van der Waals surface area contributed by atoms with Gasteiger partial charge in [0.2, 0.25) is 0 Å². The molecule has 0 radical (unpaired) electrons. The number of sulfonamides is 1. The molecule has 0 atom stereocenters. The molecule has 4 rings (SSSR count). The Morgan fingerprint density at radius 2 is 1.65 bits per heavy atom. The second kappa shape index (κ2) is 8.69. The minimum Gasteiger partial charge on any atom is -0.486 e. The van der Waals surface area contributed by atoms with Crippen molar-refractivity contribution >= 4 is 27.3 Å². The van der Waals surface area contributed by atoms with Crippen LogP contribution in [-0.4, -0.2) is 27.5 Å². The summed E-state index contributed by atoms with van der Waals surface area (Å²) in [6.07, 6.45) is 0.877. The number of hydrogen-bond acceptors (Lipinski definition) is 5. The van der Waals surface area contributed by atoms with E-state index in [0.717, 1.165) is 12.0 Å². The lowest BCUT2D eigenvalue weighted by Crippen LogP contribution is -2.17. The van der Waals surface area contributed by atoms with Crippen molar-refractivity contribution in [1.82, 2.24) is 0 Å². The highest BCUT2D eigenvalue weighted by molar-refractivity contribution is 7.92. The summed E-state index contributed by atoms with van der Waals surface area (Å²) in [7, 11) is -3.82. The number of hydrogen-bond donors (Lipinski definition) is 2. The molecule has 8 heteroatoms. The van der Waals surface area contributed by atoms with Crippen LogP contribution >= 0.6 is 0 Å². The zero-order valence-corrected chi connectivity index (χ0v) is 17.7. The van der Waals surface area contributed by atoms with Crippen molar-refractivity contribution in [3.05, 3.63) is 77.9 Å². The first-order valence-electron chi connectivity index (χ1n) is 9.87. The van der Waals surface area contributed by atoms with Crippen molar-refractivity contribution in [3.63, 3.8) is 0 Å². The van der Waals surface area contributed by atoms with E-state index < -0.39 is 10.0 Å². The lowest BCUT2D eigenvalue weighted by molar-refractivity contribution is 0.102. The second-order valence-corrected chi connectivity index (χ2v) is 8.68. The lowest BCUT2D eigenvalue weighted by Gasteiger charge is -2.19. The fraction of sp³-hybridized carbons (Fsp3) is 0.174. The molecule has 1 amide bonds. The van der Waals surface area contributed by atoms with Crippen LogP contribution in [0.3, 0.4) is 0 Å². The Hall–Kier alpha value is -3.52. The van der Waals surface area contributed by atoms with Gasteiger partial charge in [-0.2, -0.15) is 0 Å². The van der Waals surface area contributed by atoms with Crippen LogP contribution < -0.4 is 19.5 Å². The van der Waals surface area contributed by atoms with Gasteiger partial charge >= 0.3 is 0 Å². The SMILES string of the molecule is CCc1cccc(NC(=O)c2ccc(NS(=O)(=O)c3ccc4c(c3)OCCO4)cc2)c1. The molecule has 1 aliphatic rings. The van der Waals surface area contributed by atoms with Crippen LogP contribution in [0.1, 0.15) is 22.8 Å². The smallest absolute Gasteiger partial charge is 0.262 e. The molecule has 31 heavy (non-hydrogen) atoms. The van der Waals surface area contributed by atoms with E-state index in [2.05, 4.69) is 10.0 Å². The molecule has 2 N–H and O–H groups in total. The number of carbonyl (C=O) groups is 1. The Labute approximate surface area is 181 Å². The maximum absolute atomic E-state index is 12.7. The summed E-state index contributed by atoms with van der Waals surface area (Å²) in [6, 6.07) is 18.3. The Kier molecular flexibility index (Phi) is 5.81. The number of nitrogens with one attached hydrogen (secondary N) is 2. The largest absolute Gasteiger partial charge is 0.486 e. The maximum atomic E-state index is 12.7. The molecule has 0 saturated carbocycles. The molecule has 0 aliphatic carbocycles. The Bertz CT molecular complexity index is 1210. The van der Waals surface area contributed by atoms with E-state index in [-0.39, 0.29) is 10.8 Å². The molecule has 0 aromatic heterocycles. The van der Waals surface area contributed by atoms with Crippen LogP contribution in [0.25, 0.3) is 0 Å². The molecule has 3 aromatic carbocycles. The third-order valence-electron chi connectivity index (χ3n) is 4.82. The number of benzene rings is 3. The number of rotatable bonds is 6. The Balaban J connectivity index is 1.45. The van der Waals surface area contributed by atoms with Gasteiger partial charge in [0.1, 0.15) is 13.2 Å². The number of carbonyl (C=O) groups excluding carboxylic acids is 1. The van der Waals surface area contributed by atoms with Gasteiger partial charge in [0.05, 0.1) is 4.90 Å². The molecule has 0 fully saturated rings. The van der Waals surface area contributed by atoms with Gasteiger partial charge < -0.3 is 14.8 Å². The van der Waals surface area contributed by atoms with Crippen LogP contribution in [-0.2, 0) is 16.4 Å². The van der Waals surface area contributed by atoms with Gasteiger partial charge in [0, 0.05) is 23.0 Å². The van der Waals surface area contributed by atoms with E-state index in [1.54, 1.807) is 30.3 Å². The molecule has 0 saturated heterocycles. The molecular weight excluding hydrogens is 416 g/mol. The van der Waals surface area contributed by atoms with Gasteiger partial charge in [-0.3, -0.25) is 9.52 Å². The highest BCUT2D eigenvalue weighted by atomic mass is 32.2. The van der Waals surface area contributed by atoms with Gasteiger partial charge in [0.25, 0.3) is 15.9 Å². The quantitative estimate of drug-likeness (QED) is 0.605. The average Bonchev–Trinajstić information content (AvgIpc) is 2.79. The first kappa shape index (κ1) is 20.7. The number of aryl methyl sites for hydroxylation is 1. The molecule has 1 aliphatic heterocycles. The van der Waals surface area contributed by atoms with E-state index in [0.29, 0.717) is 41.7 Å². The number of fused-ring (bicyclic) bond motifs is 1. The molecule has 1 heterocycles. The predicted octanol–water partition coefficient (Wildman–Crippen LogP) is 4.07. The fourth-order valence-corrected chi connectivity index (χ4v) is 4.24. The van der Waals surface area contributed by atoms with Gasteiger partial charge in [-0.25, -0.2) is 8.42 Å².